The van der Waals surface area contributed by atoms with Crippen LogP contribution in [0.5, 0.6) is 0 Å². The average molecular weight is 397 g/mol. The van der Waals surface area contributed by atoms with E-state index in [1.165, 1.54) is 30.3 Å². The fourth-order valence-electron chi connectivity index (χ4n) is 1.97. The largest absolute Gasteiger partial charge is 0.416 e. The van der Waals surface area contributed by atoms with Crippen molar-refractivity contribution in [3.05, 3.63) is 53.1 Å². The molecule has 0 spiro atoms. The fraction of sp³-hybridized carbons (Fsp3) is 0.375. The predicted molar refractivity (Wildman–Crippen MR) is 101 cm³/mol. The van der Waals surface area contributed by atoms with Gasteiger partial charge < -0.3 is 0 Å². The van der Waals surface area contributed by atoms with Crippen LogP contribution in [0, 0.1) is 0 Å². The molecule has 0 atom stereocenters. The lowest BCUT2D eigenvalue weighted by Gasteiger charge is -2.24. The molecule has 2 rings (SSSR count). The van der Waals surface area contributed by atoms with Gasteiger partial charge in [0.2, 0.25) is 0 Å². The highest BCUT2D eigenvalue weighted by Crippen LogP contribution is 2.37. The Morgan fingerprint density at radius 3 is 2.35 bits per heavy atom. The highest BCUT2D eigenvalue weighted by molar-refractivity contribution is 8.19. The summed E-state index contributed by atoms with van der Waals surface area (Å²) in [4.78, 5) is 0. The number of halogens is 4. The predicted octanol–water partition coefficient (Wildman–Crippen LogP) is 6.38. The molecule has 23 heavy (non-hydrogen) atoms. The second-order valence-corrected chi connectivity index (χ2v) is 9.08. The Hall–Kier alpha value is -0.170. The van der Waals surface area contributed by atoms with Crippen LogP contribution >= 0.6 is 46.9 Å². The first-order valence-electron chi connectivity index (χ1n) is 6.88. The molecule has 1 aromatic rings. The summed E-state index contributed by atoms with van der Waals surface area (Å²) in [6.45, 7) is 0. The van der Waals surface area contributed by atoms with Gasteiger partial charge in [-0.05, 0) is 30.0 Å². The Morgan fingerprint density at radius 1 is 1.22 bits per heavy atom. The number of alkyl halides is 3. The van der Waals surface area contributed by atoms with Crippen LogP contribution in [-0.2, 0) is 0 Å². The minimum Gasteiger partial charge on any atom is -0.166 e. The minimum atomic E-state index is -4.39. The Labute approximate surface area is 152 Å². The number of hydrogen-bond donors (Lipinski definition) is 0. The monoisotopic (exact) mass is 396 g/mol. The fourth-order valence-corrected chi connectivity index (χ4v) is 6.11. The van der Waals surface area contributed by atoms with Gasteiger partial charge in [0.05, 0.1) is 10.2 Å². The van der Waals surface area contributed by atoms with E-state index in [1.54, 1.807) is 23.5 Å². The maximum absolute atomic E-state index is 13.2. The van der Waals surface area contributed by atoms with Crippen LogP contribution in [-0.4, -0.2) is 33.8 Å². The summed E-state index contributed by atoms with van der Waals surface area (Å²) in [6.07, 6.45) is 2.20. The molecule has 1 heterocycles. The normalized spacial score (nSPS) is 23.4. The van der Waals surface area contributed by atoms with E-state index in [9.17, 15) is 13.2 Å². The van der Waals surface area contributed by atoms with Crippen molar-refractivity contribution in [2.75, 3.05) is 17.8 Å². The van der Waals surface area contributed by atoms with Crippen LogP contribution in [0.25, 0.3) is 5.57 Å². The molecule has 1 aromatic carbocycles. The Balaban J connectivity index is 2.09. The van der Waals surface area contributed by atoms with Gasteiger partial charge in [0.15, 0.2) is 0 Å². The first-order chi connectivity index (χ1) is 10.9. The number of benzene rings is 1. The molecule has 1 saturated heterocycles. The van der Waals surface area contributed by atoms with Crippen LogP contribution in [0.4, 0.5) is 13.2 Å². The molecule has 0 aromatic heterocycles. The van der Waals surface area contributed by atoms with E-state index in [0.29, 0.717) is 10.3 Å². The van der Waals surface area contributed by atoms with Crippen LogP contribution in [0.3, 0.4) is 0 Å². The van der Waals surface area contributed by atoms with E-state index in [1.807, 2.05) is 17.8 Å². The van der Waals surface area contributed by atoms with Gasteiger partial charge in [0.1, 0.15) is 0 Å². The SMILES string of the molecule is CSC1CSC(C=CC=C(c2ccc(Cl)cc2)C(F)(F)F)SC1. The number of thioether (sulfide) groups is 3. The summed E-state index contributed by atoms with van der Waals surface area (Å²) in [5.74, 6) is 2.08. The topological polar surface area (TPSA) is 0 Å². The molecule has 0 bridgehead atoms. The number of rotatable bonds is 4. The van der Waals surface area contributed by atoms with Gasteiger partial charge in [-0.15, -0.1) is 23.5 Å². The zero-order valence-electron chi connectivity index (χ0n) is 12.3. The number of hydrogen-bond acceptors (Lipinski definition) is 3. The third-order valence-electron chi connectivity index (χ3n) is 3.22. The van der Waals surface area contributed by atoms with E-state index < -0.39 is 11.7 Å². The Morgan fingerprint density at radius 2 is 1.83 bits per heavy atom. The standard InChI is InChI=1S/C16H16ClF3S3/c1-21-13-9-22-15(23-10-13)4-2-3-14(16(18,19)20)11-5-7-12(17)8-6-11/h2-8,13,15H,9-10H2,1H3. The molecule has 7 heteroatoms. The molecule has 1 fully saturated rings. The maximum atomic E-state index is 13.2. The van der Waals surface area contributed by atoms with E-state index >= 15 is 0 Å². The van der Waals surface area contributed by atoms with Crippen molar-refractivity contribution in [3.8, 4) is 0 Å². The minimum absolute atomic E-state index is 0.123. The molecule has 0 aliphatic carbocycles. The smallest absolute Gasteiger partial charge is 0.166 e. The molecule has 1 aliphatic heterocycles. The molecular formula is C16H16ClF3S3. The van der Waals surface area contributed by atoms with Gasteiger partial charge in [-0.2, -0.15) is 24.9 Å². The van der Waals surface area contributed by atoms with E-state index in [-0.39, 0.29) is 10.1 Å². The second kappa shape index (κ2) is 8.79. The van der Waals surface area contributed by atoms with Gasteiger partial charge in [0.25, 0.3) is 0 Å². The summed E-state index contributed by atoms with van der Waals surface area (Å²) in [6, 6.07) is 5.72. The van der Waals surface area contributed by atoms with Crippen molar-refractivity contribution in [3.63, 3.8) is 0 Å². The van der Waals surface area contributed by atoms with E-state index in [0.717, 1.165) is 17.6 Å². The summed E-state index contributed by atoms with van der Waals surface area (Å²) >= 11 is 11.1. The van der Waals surface area contributed by atoms with Gasteiger partial charge in [-0.1, -0.05) is 35.9 Å². The van der Waals surface area contributed by atoms with Crippen LogP contribution in [0.1, 0.15) is 5.56 Å². The molecule has 126 valence electrons. The number of allylic oxidation sites excluding steroid dienone is 3. The van der Waals surface area contributed by atoms with E-state index in [4.69, 9.17) is 11.6 Å². The highest BCUT2D eigenvalue weighted by Gasteiger charge is 2.34. The molecule has 0 nitrogen and oxygen atoms in total. The molecular weight excluding hydrogens is 381 g/mol. The average Bonchev–Trinajstić information content (AvgIpc) is 2.52. The van der Waals surface area contributed by atoms with Crippen molar-refractivity contribution < 1.29 is 13.2 Å². The maximum Gasteiger partial charge on any atom is 0.416 e. The van der Waals surface area contributed by atoms with Crippen molar-refractivity contribution in [2.24, 2.45) is 0 Å². The van der Waals surface area contributed by atoms with Crippen molar-refractivity contribution in [1.82, 2.24) is 0 Å². The van der Waals surface area contributed by atoms with E-state index in [2.05, 4.69) is 6.26 Å². The lowest BCUT2D eigenvalue weighted by molar-refractivity contribution is -0.0689. The lowest BCUT2D eigenvalue weighted by Crippen LogP contribution is -2.18. The molecule has 0 saturated carbocycles. The molecule has 0 amide bonds. The summed E-state index contributed by atoms with van der Waals surface area (Å²) in [5, 5.41) is 1.05. The summed E-state index contributed by atoms with van der Waals surface area (Å²) in [5.41, 5.74) is -0.531. The second-order valence-electron chi connectivity index (χ2n) is 4.86. The third kappa shape index (κ3) is 6.00. The zero-order chi connectivity index (χ0) is 16.9. The zero-order valence-corrected chi connectivity index (χ0v) is 15.6. The van der Waals surface area contributed by atoms with Crippen molar-refractivity contribution in [1.29, 1.82) is 0 Å². The lowest BCUT2D eigenvalue weighted by atomic mass is 10.1. The first kappa shape index (κ1) is 19.2. The van der Waals surface area contributed by atoms with Crippen molar-refractivity contribution in [2.45, 2.75) is 16.0 Å². The molecule has 0 N–H and O–H groups in total. The summed E-state index contributed by atoms with van der Waals surface area (Å²) < 4.78 is 39.9. The Bertz CT molecular complexity index is 559. The van der Waals surface area contributed by atoms with Gasteiger partial charge >= 0.3 is 6.18 Å². The Kier molecular flexibility index (Phi) is 7.32. The molecule has 0 radical (unpaired) electrons. The van der Waals surface area contributed by atoms with Crippen LogP contribution < -0.4 is 0 Å². The highest BCUT2D eigenvalue weighted by atomic mass is 35.5. The first-order valence-corrected chi connectivity index (χ1v) is 10.6. The molecule has 0 unspecified atom stereocenters. The van der Waals surface area contributed by atoms with Gasteiger partial charge in [-0.25, -0.2) is 0 Å². The van der Waals surface area contributed by atoms with Crippen LogP contribution in [0.15, 0.2) is 42.5 Å². The van der Waals surface area contributed by atoms with Crippen molar-refractivity contribution >= 4 is 52.5 Å². The molecule has 1 aliphatic rings. The van der Waals surface area contributed by atoms with Crippen LogP contribution in [0.2, 0.25) is 5.02 Å². The summed E-state index contributed by atoms with van der Waals surface area (Å²) in [7, 11) is 0. The van der Waals surface area contributed by atoms with Gasteiger partial charge in [-0.3, -0.25) is 0 Å². The third-order valence-corrected chi connectivity index (χ3v) is 7.87. The van der Waals surface area contributed by atoms with Gasteiger partial charge in [0, 0.05) is 21.8 Å². The quantitative estimate of drug-likeness (QED) is 0.542.